The fourth-order valence-electron chi connectivity index (χ4n) is 1.17. The molecule has 0 aliphatic heterocycles. The molecule has 0 aliphatic rings. The molecule has 1 rings (SSSR count). The molecule has 1 aromatic rings. The molecule has 0 unspecified atom stereocenters. The lowest BCUT2D eigenvalue weighted by Crippen LogP contribution is -2.15. The van der Waals surface area contributed by atoms with Crippen LogP contribution in [0.5, 0.6) is 0 Å². The Hall–Kier alpha value is -1.43. The molecule has 0 spiro atoms. The molecule has 0 fully saturated rings. The molecule has 0 radical (unpaired) electrons. The van der Waals surface area contributed by atoms with Crippen LogP contribution in [0.15, 0.2) is 24.5 Å². The van der Waals surface area contributed by atoms with Crippen molar-refractivity contribution in [1.82, 2.24) is 4.98 Å². The number of carbonyl (C=O) groups is 1. The number of aliphatic carboxylic acids is 1. The largest absolute Gasteiger partial charge is 0.481 e. The summed E-state index contributed by atoms with van der Waals surface area (Å²) >= 11 is 0. The molecule has 0 amide bonds. The van der Waals surface area contributed by atoms with Gasteiger partial charge in [0.2, 0.25) is 0 Å². The lowest BCUT2D eigenvalue weighted by Gasteiger charge is -2.02. The Labute approximate surface area is 94.1 Å². The zero-order chi connectivity index (χ0) is 12.0. The molecular formula is C10H13NO4S. The number of nitrogens with zero attached hydrogens (tertiary/aromatic N) is 1. The number of aryl methyl sites for hydroxylation is 1. The Bertz CT molecular complexity index is 441. The zero-order valence-electron chi connectivity index (χ0n) is 8.67. The van der Waals surface area contributed by atoms with Gasteiger partial charge >= 0.3 is 5.97 Å². The zero-order valence-corrected chi connectivity index (χ0v) is 9.48. The molecule has 1 aromatic heterocycles. The summed E-state index contributed by atoms with van der Waals surface area (Å²) in [6.07, 6.45) is 3.25. The molecule has 0 saturated carbocycles. The van der Waals surface area contributed by atoms with Crippen LogP contribution >= 0.6 is 0 Å². The summed E-state index contributed by atoms with van der Waals surface area (Å²) in [5.74, 6) is -1.41. The highest BCUT2D eigenvalue weighted by Gasteiger charge is 2.12. The number of sulfone groups is 1. The summed E-state index contributed by atoms with van der Waals surface area (Å²) in [6.45, 7) is 0. The maximum absolute atomic E-state index is 11.4. The second-order valence-corrected chi connectivity index (χ2v) is 5.70. The van der Waals surface area contributed by atoms with Crippen LogP contribution in [0, 0.1) is 0 Å². The Kier molecular flexibility index (Phi) is 4.42. The first-order valence-corrected chi connectivity index (χ1v) is 6.63. The van der Waals surface area contributed by atoms with Gasteiger partial charge < -0.3 is 5.11 Å². The molecule has 0 aromatic carbocycles. The SMILES string of the molecule is O=C(O)CCS(=O)(=O)CCc1ccncc1. The first-order chi connectivity index (χ1) is 7.49. The first kappa shape index (κ1) is 12.6. The maximum Gasteiger partial charge on any atom is 0.304 e. The van der Waals surface area contributed by atoms with Gasteiger partial charge in [0.1, 0.15) is 0 Å². The van der Waals surface area contributed by atoms with Gasteiger partial charge in [0.25, 0.3) is 0 Å². The van der Waals surface area contributed by atoms with E-state index in [1.807, 2.05) is 0 Å². The van der Waals surface area contributed by atoms with Gasteiger partial charge in [0.15, 0.2) is 9.84 Å². The minimum atomic E-state index is -3.28. The molecule has 6 heteroatoms. The van der Waals surface area contributed by atoms with Crippen LogP contribution in [-0.4, -0.2) is 36.0 Å². The Balaban J connectivity index is 2.45. The second-order valence-electron chi connectivity index (χ2n) is 3.40. The number of aromatic nitrogens is 1. The monoisotopic (exact) mass is 243 g/mol. The number of carboxylic acid groups (broad SMARTS) is 1. The standard InChI is InChI=1S/C10H13NO4S/c12-10(13)4-8-16(14,15)7-3-9-1-5-11-6-2-9/h1-2,5-6H,3-4,7-8H2,(H,12,13). The highest BCUT2D eigenvalue weighted by molar-refractivity contribution is 7.91. The lowest BCUT2D eigenvalue weighted by atomic mass is 10.2. The van der Waals surface area contributed by atoms with Gasteiger partial charge in [-0.2, -0.15) is 0 Å². The van der Waals surface area contributed by atoms with Gasteiger partial charge in [0.05, 0.1) is 17.9 Å². The van der Waals surface area contributed by atoms with Crippen molar-refractivity contribution in [2.24, 2.45) is 0 Å². The minimum Gasteiger partial charge on any atom is -0.481 e. The van der Waals surface area contributed by atoms with Gasteiger partial charge in [-0.15, -0.1) is 0 Å². The summed E-state index contributed by atoms with van der Waals surface area (Å²) < 4.78 is 22.9. The Morgan fingerprint density at radius 3 is 2.44 bits per heavy atom. The molecule has 0 aliphatic carbocycles. The first-order valence-electron chi connectivity index (χ1n) is 4.81. The molecule has 88 valence electrons. The van der Waals surface area contributed by atoms with Crippen LogP contribution in [0.3, 0.4) is 0 Å². The van der Waals surface area contributed by atoms with Crippen LogP contribution < -0.4 is 0 Å². The predicted octanol–water partition coefficient (Wildman–Crippen LogP) is 0.514. The van der Waals surface area contributed by atoms with E-state index in [-0.39, 0.29) is 17.9 Å². The van der Waals surface area contributed by atoms with Crippen molar-refractivity contribution in [3.63, 3.8) is 0 Å². The number of hydrogen-bond acceptors (Lipinski definition) is 4. The van der Waals surface area contributed by atoms with E-state index in [9.17, 15) is 13.2 Å². The second kappa shape index (κ2) is 5.60. The number of rotatable bonds is 6. The summed E-state index contributed by atoms with van der Waals surface area (Å²) in [5.41, 5.74) is 0.883. The highest BCUT2D eigenvalue weighted by atomic mass is 32.2. The van der Waals surface area contributed by atoms with Crippen LogP contribution in [0.25, 0.3) is 0 Å². The summed E-state index contributed by atoms with van der Waals surface area (Å²) in [7, 11) is -3.28. The molecule has 0 saturated heterocycles. The third kappa shape index (κ3) is 4.88. The number of carboxylic acids is 1. The Morgan fingerprint density at radius 1 is 1.25 bits per heavy atom. The number of hydrogen-bond donors (Lipinski definition) is 1. The molecule has 0 bridgehead atoms. The van der Waals surface area contributed by atoms with Gasteiger partial charge in [-0.05, 0) is 24.1 Å². The summed E-state index contributed by atoms with van der Waals surface area (Å²) in [6, 6.07) is 3.49. The van der Waals surface area contributed by atoms with Crippen LogP contribution in [-0.2, 0) is 21.1 Å². The molecule has 16 heavy (non-hydrogen) atoms. The van der Waals surface area contributed by atoms with Gasteiger partial charge in [0, 0.05) is 12.4 Å². The van der Waals surface area contributed by atoms with Crippen molar-refractivity contribution in [2.75, 3.05) is 11.5 Å². The fourth-order valence-corrected chi connectivity index (χ4v) is 2.40. The third-order valence-electron chi connectivity index (χ3n) is 2.08. The quantitative estimate of drug-likeness (QED) is 0.787. The van der Waals surface area contributed by atoms with E-state index >= 15 is 0 Å². The third-order valence-corrected chi connectivity index (χ3v) is 3.73. The van der Waals surface area contributed by atoms with E-state index in [0.717, 1.165) is 5.56 Å². The maximum atomic E-state index is 11.4. The highest BCUT2D eigenvalue weighted by Crippen LogP contribution is 2.02. The number of pyridine rings is 1. The van der Waals surface area contributed by atoms with Crippen molar-refractivity contribution in [1.29, 1.82) is 0 Å². The summed E-state index contributed by atoms with van der Waals surface area (Å²) in [5, 5.41) is 8.39. The van der Waals surface area contributed by atoms with E-state index < -0.39 is 15.8 Å². The topological polar surface area (TPSA) is 84.3 Å². The molecular weight excluding hydrogens is 230 g/mol. The molecule has 1 heterocycles. The van der Waals surface area contributed by atoms with Crippen molar-refractivity contribution in [2.45, 2.75) is 12.8 Å². The van der Waals surface area contributed by atoms with E-state index in [4.69, 9.17) is 5.11 Å². The van der Waals surface area contributed by atoms with Crippen molar-refractivity contribution >= 4 is 15.8 Å². The Morgan fingerprint density at radius 2 is 1.88 bits per heavy atom. The van der Waals surface area contributed by atoms with Crippen LogP contribution in [0.4, 0.5) is 0 Å². The van der Waals surface area contributed by atoms with Gasteiger partial charge in [-0.1, -0.05) is 0 Å². The van der Waals surface area contributed by atoms with E-state index in [2.05, 4.69) is 4.98 Å². The van der Waals surface area contributed by atoms with Crippen LogP contribution in [0.1, 0.15) is 12.0 Å². The van der Waals surface area contributed by atoms with Gasteiger partial charge in [-0.3, -0.25) is 9.78 Å². The molecule has 5 nitrogen and oxygen atoms in total. The summed E-state index contributed by atoms with van der Waals surface area (Å²) in [4.78, 5) is 14.1. The average molecular weight is 243 g/mol. The van der Waals surface area contributed by atoms with Crippen LogP contribution in [0.2, 0.25) is 0 Å². The normalized spacial score (nSPS) is 11.2. The van der Waals surface area contributed by atoms with E-state index in [0.29, 0.717) is 6.42 Å². The van der Waals surface area contributed by atoms with Crippen molar-refractivity contribution in [3.8, 4) is 0 Å². The molecule has 0 atom stereocenters. The minimum absolute atomic E-state index is 0.0235. The van der Waals surface area contributed by atoms with E-state index in [1.165, 1.54) is 0 Å². The lowest BCUT2D eigenvalue weighted by molar-refractivity contribution is -0.136. The van der Waals surface area contributed by atoms with Crippen molar-refractivity contribution in [3.05, 3.63) is 30.1 Å². The smallest absolute Gasteiger partial charge is 0.304 e. The fraction of sp³-hybridized carbons (Fsp3) is 0.400. The van der Waals surface area contributed by atoms with E-state index in [1.54, 1.807) is 24.5 Å². The predicted molar refractivity (Wildman–Crippen MR) is 58.8 cm³/mol. The molecule has 1 N–H and O–H groups in total. The average Bonchev–Trinajstić information content (AvgIpc) is 2.26. The van der Waals surface area contributed by atoms with Gasteiger partial charge in [-0.25, -0.2) is 8.42 Å². The van der Waals surface area contributed by atoms with Crippen molar-refractivity contribution < 1.29 is 18.3 Å².